The molecule has 0 spiro atoms. The topological polar surface area (TPSA) is 90.5 Å². The Morgan fingerprint density at radius 3 is 2.61 bits per heavy atom. The number of esters is 1. The number of rotatable bonds is 7. The molecule has 4 rings (SSSR count). The van der Waals surface area contributed by atoms with Crippen LogP contribution in [0, 0.1) is 13.8 Å². The van der Waals surface area contributed by atoms with Crippen molar-refractivity contribution >= 4 is 27.5 Å². The largest absolute Gasteiger partial charge is 0.493 e. The molecule has 1 atom stereocenters. The van der Waals surface area contributed by atoms with Gasteiger partial charge in [-0.25, -0.2) is 9.78 Å². The van der Waals surface area contributed by atoms with E-state index in [1.807, 2.05) is 44.2 Å². The van der Waals surface area contributed by atoms with Crippen molar-refractivity contribution in [1.29, 1.82) is 0 Å². The predicted molar refractivity (Wildman–Crippen MR) is 127 cm³/mol. The number of hydrogen-bond donors (Lipinski definition) is 1. The Morgan fingerprint density at radius 1 is 1.12 bits per heavy atom. The molecule has 1 N–H and O–H groups in total. The van der Waals surface area contributed by atoms with Gasteiger partial charge in [-0.05, 0) is 50.1 Å². The van der Waals surface area contributed by atoms with Crippen LogP contribution in [0.15, 0.2) is 53.3 Å². The smallest absolute Gasteiger partial charge is 0.338 e. The van der Waals surface area contributed by atoms with Crippen molar-refractivity contribution in [3.63, 3.8) is 0 Å². The highest BCUT2D eigenvalue weighted by atomic mass is 32.1. The third-order valence-corrected chi connectivity index (χ3v) is 6.46. The van der Waals surface area contributed by atoms with Gasteiger partial charge in [0.15, 0.2) is 23.4 Å². The summed E-state index contributed by atoms with van der Waals surface area (Å²) in [6.45, 7) is 5.89. The molecule has 170 valence electrons. The Bertz CT molecular complexity index is 1360. The van der Waals surface area contributed by atoms with Crippen molar-refractivity contribution in [2.75, 3.05) is 7.11 Å². The molecule has 0 bridgehead atoms. The summed E-state index contributed by atoms with van der Waals surface area (Å²) in [4.78, 5) is 34.2. The Balaban J connectivity index is 1.49. The zero-order valence-electron chi connectivity index (χ0n) is 18.8. The SMILES string of the molecule is COc1cc(C(=O)OC(C)c2nc3sc(C)c(C)c3c(=O)[nH]2)ccc1OCc1ccccc1. The van der Waals surface area contributed by atoms with Gasteiger partial charge in [0.1, 0.15) is 11.4 Å². The molecule has 0 amide bonds. The van der Waals surface area contributed by atoms with E-state index in [2.05, 4.69) is 9.97 Å². The van der Waals surface area contributed by atoms with Gasteiger partial charge < -0.3 is 19.2 Å². The van der Waals surface area contributed by atoms with Gasteiger partial charge in [-0.1, -0.05) is 30.3 Å². The lowest BCUT2D eigenvalue weighted by Gasteiger charge is -2.15. The zero-order chi connectivity index (χ0) is 23.5. The number of benzene rings is 2. The van der Waals surface area contributed by atoms with Gasteiger partial charge >= 0.3 is 5.97 Å². The van der Waals surface area contributed by atoms with Gasteiger partial charge in [-0.2, -0.15) is 0 Å². The highest BCUT2D eigenvalue weighted by Crippen LogP contribution is 2.30. The van der Waals surface area contributed by atoms with E-state index >= 15 is 0 Å². The second-order valence-corrected chi connectivity index (χ2v) is 8.81. The van der Waals surface area contributed by atoms with Gasteiger partial charge in [0, 0.05) is 4.88 Å². The molecule has 2 aromatic carbocycles. The molecule has 8 heteroatoms. The molecule has 0 radical (unpaired) electrons. The predicted octanol–water partition coefficient (Wildman–Crippen LogP) is 5.11. The molecular formula is C25H24N2O5S. The number of aromatic nitrogens is 2. The van der Waals surface area contributed by atoms with Crippen LogP contribution in [-0.4, -0.2) is 23.0 Å². The first-order valence-electron chi connectivity index (χ1n) is 10.4. The van der Waals surface area contributed by atoms with Gasteiger partial charge in [-0.15, -0.1) is 11.3 Å². The molecule has 0 aliphatic carbocycles. The summed E-state index contributed by atoms with van der Waals surface area (Å²) < 4.78 is 16.8. The van der Waals surface area contributed by atoms with Gasteiger partial charge in [0.05, 0.1) is 18.1 Å². The number of methoxy groups -OCH3 is 1. The lowest BCUT2D eigenvalue weighted by atomic mass is 10.2. The Hall–Kier alpha value is -3.65. The average Bonchev–Trinajstić information content (AvgIpc) is 3.11. The van der Waals surface area contributed by atoms with Crippen LogP contribution in [0.4, 0.5) is 0 Å². The zero-order valence-corrected chi connectivity index (χ0v) is 19.6. The monoisotopic (exact) mass is 464 g/mol. The number of aromatic amines is 1. The van der Waals surface area contributed by atoms with Crippen LogP contribution in [0.25, 0.3) is 10.2 Å². The Morgan fingerprint density at radius 2 is 1.88 bits per heavy atom. The van der Waals surface area contributed by atoms with E-state index in [4.69, 9.17) is 14.2 Å². The van der Waals surface area contributed by atoms with Crippen molar-refractivity contribution in [3.8, 4) is 11.5 Å². The highest BCUT2D eigenvalue weighted by molar-refractivity contribution is 7.18. The lowest BCUT2D eigenvalue weighted by Crippen LogP contribution is -2.17. The molecular weight excluding hydrogens is 440 g/mol. The third kappa shape index (κ3) is 4.75. The van der Waals surface area contributed by atoms with Crippen molar-refractivity contribution in [1.82, 2.24) is 9.97 Å². The number of H-pyrrole nitrogens is 1. The number of aryl methyl sites for hydroxylation is 2. The maximum Gasteiger partial charge on any atom is 0.338 e. The van der Waals surface area contributed by atoms with Crippen LogP contribution in [0.5, 0.6) is 11.5 Å². The standard InChI is InChI=1S/C25H24N2O5S/c1-14-16(3)33-24-21(14)23(28)26-22(27-24)15(2)32-25(29)18-10-11-19(20(12-18)30-4)31-13-17-8-6-5-7-9-17/h5-12,15H,13H2,1-4H3,(H,26,27,28). The van der Waals surface area contributed by atoms with E-state index in [0.717, 1.165) is 16.0 Å². The van der Waals surface area contributed by atoms with Crippen molar-refractivity contribution in [2.45, 2.75) is 33.5 Å². The average molecular weight is 465 g/mol. The van der Waals surface area contributed by atoms with Crippen LogP contribution >= 0.6 is 11.3 Å². The minimum Gasteiger partial charge on any atom is -0.493 e. The van der Waals surface area contributed by atoms with Crippen LogP contribution < -0.4 is 15.0 Å². The first kappa shape index (κ1) is 22.5. The number of nitrogens with one attached hydrogen (secondary N) is 1. The number of hydrogen-bond acceptors (Lipinski definition) is 7. The number of carbonyl (C=O) groups excluding carboxylic acids is 1. The van der Waals surface area contributed by atoms with Crippen molar-refractivity contribution in [3.05, 3.63) is 86.3 Å². The molecule has 4 aromatic rings. The summed E-state index contributed by atoms with van der Waals surface area (Å²) in [5.74, 6) is 0.685. The maximum absolute atomic E-state index is 12.8. The molecule has 7 nitrogen and oxygen atoms in total. The van der Waals surface area contributed by atoms with Crippen LogP contribution in [0.2, 0.25) is 0 Å². The molecule has 0 saturated carbocycles. The van der Waals surface area contributed by atoms with E-state index in [9.17, 15) is 9.59 Å². The highest BCUT2D eigenvalue weighted by Gasteiger charge is 2.20. The van der Waals surface area contributed by atoms with E-state index in [1.54, 1.807) is 25.1 Å². The van der Waals surface area contributed by atoms with E-state index in [0.29, 0.717) is 39.7 Å². The van der Waals surface area contributed by atoms with Gasteiger partial charge in [-0.3, -0.25) is 4.79 Å². The summed E-state index contributed by atoms with van der Waals surface area (Å²) >= 11 is 1.45. The Labute approximate surface area is 195 Å². The summed E-state index contributed by atoms with van der Waals surface area (Å²) in [7, 11) is 1.51. The first-order chi connectivity index (χ1) is 15.9. The Kier molecular flexibility index (Phi) is 6.46. The quantitative estimate of drug-likeness (QED) is 0.382. The number of ether oxygens (including phenoxy) is 3. The molecule has 33 heavy (non-hydrogen) atoms. The molecule has 0 aliphatic rings. The van der Waals surface area contributed by atoms with Gasteiger partial charge in [0.25, 0.3) is 5.56 Å². The maximum atomic E-state index is 12.8. The summed E-state index contributed by atoms with van der Waals surface area (Å²) in [6.07, 6.45) is -0.739. The third-order valence-electron chi connectivity index (χ3n) is 5.36. The molecule has 2 aromatic heterocycles. The van der Waals surface area contributed by atoms with Crippen LogP contribution in [0.1, 0.15) is 45.2 Å². The minimum absolute atomic E-state index is 0.235. The molecule has 0 fully saturated rings. The normalized spacial score (nSPS) is 11.9. The fourth-order valence-electron chi connectivity index (χ4n) is 3.40. The first-order valence-corrected chi connectivity index (χ1v) is 11.2. The molecule has 2 heterocycles. The lowest BCUT2D eigenvalue weighted by molar-refractivity contribution is 0.0319. The van der Waals surface area contributed by atoms with Crippen LogP contribution in [0.3, 0.4) is 0 Å². The van der Waals surface area contributed by atoms with Crippen molar-refractivity contribution < 1.29 is 19.0 Å². The second-order valence-electron chi connectivity index (χ2n) is 7.60. The number of fused-ring (bicyclic) bond motifs is 1. The van der Waals surface area contributed by atoms with E-state index in [-0.39, 0.29) is 5.56 Å². The fourth-order valence-corrected chi connectivity index (χ4v) is 4.43. The molecule has 0 saturated heterocycles. The number of nitrogens with zero attached hydrogens (tertiary/aromatic N) is 1. The minimum atomic E-state index is -0.739. The summed E-state index contributed by atoms with van der Waals surface area (Å²) in [5, 5.41) is 0.579. The summed E-state index contributed by atoms with van der Waals surface area (Å²) in [6, 6.07) is 14.6. The molecule has 0 aliphatic heterocycles. The second kappa shape index (κ2) is 9.46. The summed E-state index contributed by atoms with van der Waals surface area (Å²) in [5.41, 5.74) is 2.01. The van der Waals surface area contributed by atoms with Crippen molar-refractivity contribution in [2.24, 2.45) is 0 Å². The van der Waals surface area contributed by atoms with E-state index < -0.39 is 12.1 Å². The van der Waals surface area contributed by atoms with Crippen LogP contribution in [-0.2, 0) is 11.3 Å². The number of thiophene rings is 1. The van der Waals surface area contributed by atoms with E-state index in [1.165, 1.54) is 18.4 Å². The van der Waals surface area contributed by atoms with Gasteiger partial charge in [0.2, 0.25) is 0 Å². The number of carbonyl (C=O) groups is 1. The fraction of sp³-hybridized carbons (Fsp3) is 0.240. The molecule has 1 unspecified atom stereocenters.